The molecule has 0 saturated heterocycles. The molecule has 1 atom stereocenters. The van der Waals surface area contributed by atoms with Gasteiger partial charge in [-0.3, -0.25) is 10.9 Å². The number of rotatable bonds is 4. The summed E-state index contributed by atoms with van der Waals surface area (Å²) >= 11 is 0. The maximum Gasteiger partial charge on any atom is 0.416 e. The van der Waals surface area contributed by atoms with Gasteiger partial charge < -0.3 is 0 Å². The van der Waals surface area contributed by atoms with Crippen LogP contribution in [-0.4, -0.2) is 15.2 Å². The Balaban J connectivity index is 2.19. The Hall–Kier alpha value is -1.93. The highest BCUT2D eigenvalue weighted by molar-refractivity contribution is 5.26. The standard InChI is InChI=1S/C11H12F3N5/c12-11(13,14)8-3-1-2-7(4-8)5-9(18-15)10-16-6-17-19-10/h1-4,6,9,18H,5,15H2,(H,16,17,19). The average Bonchev–Trinajstić information content (AvgIpc) is 2.89. The van der Waals surface area contributed by atoms with Crippen molar-refractivity contribution in [1.82, 2.24) is 20.6 Å². The van der Waals surface area contributed by atoms with Crippen LogP contribution >= 0.6 is 0 Å². The van der Waals surface area contributed by atoms with Gasteiger partial charge in [-0.2, -0.15) is 18.3 Å². The van der Waals surface area contributed by atoms with Crippen LogP contribution < -0.4 is 11.3 Å². The third-order valence-electron chi connectivity index (χ3n) is 2.66. The molecule has 0 saturated carbocycles. The molecule has 2 aromatic rings. The monoisotopic (exact) mass is 271 g/mol. The lowest BCUT2D eigenvalue weighted by Crippen LogP contribution is -2.30. The molecule has 0 bridgehead atoms. The SMILES string of the molecule is NNC(Cc1cccc(C(F)(F)F)c1)c1ncn[nH]1. The van der Waals surface area contributed by atoms with Gasteiger partial charge in [0.25, 0.3) is 0 Å². The molecule has 1 unspecified atom stereocenters. The normalized spacial score (nSPS) is 13.5. The highest BCUT2D eigenvalue weighted by atomic mass is 19.4. The molecule has 0 fully saturated rings. The summed E-state index contributed by atoms with van der Waals surface area (Å²) in [5, 5.41) is 6.31. The first kappa shape index (κ1) is 13.5. The number of nitrogens with one attached hydrogen (secondary N) is 2. The zero-order chi connectivity index (χ0) is 13.9. The lowest BCUT2D eigenvalue weighted by Gasteiger charge is -2.14. The van der Waals surface area contributed by atoms with E-state index in [2.05, 4.69) is 20.6 Å². The summed E-state index contributed by atoms with van der Waals surface area (Å²) in [6, 6.07) is 4.68. The fraction of sp³-hybridized carbons (Fsp3) is 0.273. The summed E-state index contributed by atoms with van der Waals surface area (Å²) in [5.41, 5.74) is 2.32. The van der Waals surface area contributed by atoms with Gasteiger partial charge in [0.15, 0.2) is 0 Å². The van der Waals surface area contributed by atoms with Crippen LogP contribution in [0.15, 0.2) is 30.6 Å². The Morgan fingerprint density at radius 3 is 2.74 bits per heavy atom. The van der Waals surface area contributed by atoms with Gasteiger partial charge in [-0.1, -0.05) is 18.2 Å². The number of alkyl halides is 3. The number of aromatic amines is 1. The number of nitrogens with zero attached hydrogens (tertiary/aromatic N) is 2. The molecule has 19 heavy (non-hydrogen) atoms. The molecular formula is C11H12F3N5. The molecule has 2 rings (SSSR count). The maximum absolute atomic E-state index is 12.6. The molecule has 0 spiro atoms. The quantitative estimate of drug-likeness (QED) is 0.582. The number of benzene rings is 1. The lowest BCUT2D eigenvalue weighted by atomic mass is 10.0. The Morgan fingerprint density at radius 2 is 2.16 bits per heavy atom. The third-order valence-corrected chi connectivity index (χ3v) is 2.66. The number of hydrogen-bond donors (Lipinski definition) is 3. The molecule has 1 aromatic heterocycles. The Bertz CT molecular complexity index is 523. The van der Waals surface area contributed by atoms with Gasteiger partial charge in [0.05, 0.1) is 11.6 Å². The fourth-order valence-corrected chi connectivity index (χ4v) is 1.73. The number of nitrogens with two attached hydrogens (primary N) is 1. The summed E-state index contributed by atoms with van der Waals surface area (Å²) in [6.07, 6.45) is -2.77. The number of hydrazine groups is 1. The summed E-state index contributed by atoms with van der Waals surface area (Å²) in [4.78, 5) is 3.92. The van der Waals surface area contributed by atoms with Gasteiger partial charge in [0, 0.05) is 0 Å². The fourth-order valence-electron chi connectivity index (χ4n) is 1.73. The second-order valence-corrected chi connectivity index (χ2v) is 3.99. The largest absolute Gasteiger partial charge is 0.416 e. The molecule has 0 aliphatic carbocycles. The van der Waals surface area contributed by atoms with Crippen LogP contribution in [0.3, 0.4) is 0 Å². The van der Waals surface area contributed by atoms with Gasteiger partial charge in [-0.15, -0.1) is 0 Å². The van der Waals surface area contributed by atoms with Gasteiger partial charge in [-0.25, -0.2) is 10.4 Å². The van der Waals surface area contributed by atoms with Crippen molar-refractivity contribution in [2.45, 2.75) is 18.6 Å². The van der Waals surface area contributed by atoms with Crippen LogP contribution in [0, 0.1) is 0 Å². The second kappa shape index (κ2) is 5.37. The van der Waals surface area contributed by atoms with E-state index in [9.17, 15) is 13.2 Å². The summed E-state index contributed by atoms with van der Waals surface area (Å²) < 4.78 is 37.8. The number of hydrogen-bond acceptors (Lipinski definition) is 4. The van der Waals surface area contributed by atoms with Crippen molar-refractivity contribution in [1.29, 1.82) is 0 Å². The molecule has 1 heterocycles. The van der Waals surface area contributed by atoms with E-state index in [0.29, 0.717) is 11.4 Å². The summed E-state index contributed by atoms with van der Waals surface area (Å²) in [7, 11) is 0. The highest BCUT2D eigenvalue weighted by Gasteiger charge is 2.30. The van der Waals surface area contributed by atoms with Crippen molar-refractivity contribution in [3.05, 3.63) is 47.5 Å². The van der Waals surface area contributed by atoms with Gasteiger partial charge >= 0.3 is 6.18 Å². The third kappa shape index (κ3) is 3.30. The summed E-state index contributed by atoms with van der Waals surface area (Å²) in [6.45, 7) is 0. The predicted octanol–water partition coefficient (Wildman–Crippen LogP) is 1.57. The van der Waals surface area contributed by atoms with Crippen molar-refractivity contribution in [3.8, 4) is 0 Å². The van der Waals surface area contributed by atoms with E-state index in [4.69, 9.17) is 5.84 Å². The molecule has 4 N–H and O–H groups in total. The maximum atomic E-state index is 12.6. The lowest BCUT2D eigenvalue weighted by molar-refractivity contribution is -0.137. The van der Waals surface area contributed by atoms with Crippen LogP contribution in [0.5, 0.6) is 0 Å². The van der Waals surface area contributed by atoms with Crippen molar-refractivity contribution >= 4 is 0 Å². The van der Waals surface area contributed by atoms with E-state index in [1.54, 1.807) is 6.07 Å². The predicted molar refractivity (Wildman–Crippen MR) is 61.6 cm³/mol. The van der Waals surface area contributed by atoms with E-state index >= 15 is 0 Å². The molecule has 0 amide bonds. The van der Waals surface area contributed by atoms with Crippen molar-refractivity contribution in [2.24, 2.45) is 5.84 Å². The Morgan fingerprint density at radius 1 is 1.37 bits per heavy atom. The molecule has 0 radical (unpaired) electrons. The molecule has 0 aliphatic heterocycles. The van der Waals surface area contributed by atoms with E-state index in [-0.39, 0.29) is 6.42 Å². The van der Waals surface area contributed by atoms with Crippen LogP contribution in [0.1, 0.15) is 23.0 Å². The topological polar surface area (TPSA) is 79.6 Å². The first-order chi connectivity index (χ1) is 9.00. The number of halogens is 3. The highest BCUT2D eigenvalue weighted by Crippen LogP contribution is 2.30. The molecule has 1 aromatic carbocycles. The van der Waals surface area contributed by atoms with Crippen molar-refractivity contribution < 1.29 is 13.2 Å². The van der Waals surface area contributed by atoms with Crippen LogP contribution in [0.4, 0.5) is 13.2 Å². The van der Waals surface area contributed by atoms with E-state index in [1.165, 1.54) is 12.4 Å². The first-order valence-corrected chi connectivity index (χ1v) is 5.48. The number of H-pyrrole nitrogens is 1. The molecule has 102 valence electrons. The van der Waals surface area contributed by atoms with Gasteiger partial charge in [0.2, 0.25) is 0 Å². The van der Waals surface area contributed by atoms with Crippen molar-refractivity contribution in [2.75, 3.05) is 0 Å². The first-order valence-electron chi connectivity index (χ1n) is 5.48. The molecule has 5 nitrogen and oxygen atoms in total. The van der Waals surface area contributed by atoms with E-state index in [1.807, 2.05) is 0 Å². The minimum atomic E-state index is -4.35. The van der Waals surface area contributed by atoms with E-state index < -0.39 is 17.8 Å². The molecule has 0 aliphatic rings. The zero-order valence-electron chi connectivity index (χ0n) is 9.78. The smallest absolute Gasteiger partial charge is 0.271 e. The number of aromatic nitrogens is 3. The van der Waals surface area contributed by atoms with Gasteiger partial charge in [-0.05, 0) is 18.1 Å². The Kier molecular flexibility index (Phi) is 3.82. The van der Waals surface area contributed by atoms with Crippen LogP contribution in [0.25, 0.3) is 0 Å². The minimum Gasteiger partial charge on any atom is -0.271 e. The van der Waals surface area contributed by atoms with E-state index in [0.717, 1.165) is 12.1 Å². The second-order valence-electron chi connectivity index (χ2n) is 3.99. The zero-order valence-corrected chi connectivity index (χ0v) is 9.78. The van der Waals surface area contributed by atoms with Crippen LogP contribution in [-0.2, 0) is 12.6 Å². The minimum absolute atomic E-state index is 0.273. The Labute approximate surface area is 107 Å². The molecular weight excluding hydrogens is 259 g/mol. The molecule has 8 heteroatoms. The van der Waals surface area contributed by atoms with Crippen molar-refractivity contribution in [3.63, 3.8) is 0 Å². The average molecular weight is 271 g/mol. The summed E-state index contributed by atoms with van der Waals surface area (Å²) in [5.74, 6) is 5.85. The van der Waals surface area contributed by atoms with Gasteiger partial charge in [0.1, 0.15) is 12.2 Å². The van der Waals surface area contributed by atoms with Crippen LogP contribution in [0.2, 0.25) is 0 Å².